The van der Waals surface area contributed by atoms with E-state index in [1.54, 1.807) is 13.8 Å². The van der Waals surface area contributed by atoms with Crippen LogP contribution in [0.1, 0.15) is 29.9 Å². The molecule has 9 heteroatoms. The van der Waals surface area contributed by atoms with Crippen molar-refractivity contribution < 1.29 is 26.0 Å². The Balaban J connectivity index is 1.96. The third-order valence-corrected chi connectivity index (χ3v) is 7.47. The minimum Gasteiger partial charge on any atom is -0.465 e. The van der Waals surface area contributed by atoms with Gasteiger partial charge in [0.1, 0.15) is 16.4 Å². The van der Waals surface area contributed by atoms with Crippen LogP contribution in [0.15, 0.2) is 27.7 Å². The van der Waals surface area contributed by atoms with Gasteiger partial charge in [0.05, 0.1) is 11.3 Å². The number of aromatic nitrogens is 1. The first-order valence-electron chi connectivity index (χ1n) is 9.69. The number of alkyl halides is 3. The summed E-state index contributed by atoms with van der Waals surface area (Å²) in [4.78, 5) is 2.11. The van der Waals surface area contributed by atoms with Crippen LogP contribution in [0.5, 0.6) is 0 Å². The van der Waals surface area contributed by atoms with E-state index < -0.39 is 22.1 Å². The lowest BCUT2D eigenvalue weighted by Gasteiger charge is -2.22. The smallest absolute Gasteiger partial charge is 0.395 e. The first-order chi connectivity index (χ1) is 14.0. The largest absolute Gasteiger partial charge is 0.465 e. The summed E-state index contributed by atoms with van der Waals surface area (Å²) in [6, 6.07) is 1.44. The van der Waals surface area contributed by atoms with Crippen LogP contribution in [-0.4, -0.2) is 43.6 Å². The van der Waals surface area contributed by atoms with E-state index >= 15 is 0 Å². The molecule has 2 aliphatic rings. The molecule has 162 valence electrons. The van der Waals surface area contributed by atoms with Gasteiger partial charge in [-0.3, -0.25) is 0 Å². The molecule has 30 heavy (non-hydrogen) atoms. The lowest BCUT2D eigenvalue weighted by atomic mass is 9.94. The van der Waals surface area contributed by atoms with Crippen molar-refractivity contribution in [3.8, 4) is 0 Å². The molecule has 1 unspecified atom stereocenters. The van der Waals surface area contributed by atoms with Crippen molar-refractivity contribution in [1.82, 2.24) is 8.87 Å². The second-order valence-corrected chi connectivity index (χ2v) is 9.70. The van der Waals surface area contributed by atoms with Crippen molar-refractivity contribution in [2.75, 3.05) is 20.1 Å². The summed E-state index contributed by atoms with van der Waals surface area (Å²) in [7, 11) is -2.06. The van der Waals surface area contributed by atoms with E-state index in [1.165, 1.54) is 24.4 Å². The maximum Gasteiger partial charge on any atom is 0.395 e. The number of hydrogen-bond acceptors (Lipinski definition) is 4. The zero-order valence-corrected chi connectivity index (χ0v) is 17.8. The van der Waals surface area contributed by atoms with Crippen LogP contribution in [0.2, 0.25) is 0 Å². The number of furan rings is 1. The van der Waals surface area contributed by atoms with Crippen molar-refractivity contribution in [2.24, 2.45) is 5.92 Å². The third kappa shape index (κ3) is 3.54. The predicted molar refractivity (Wildman–Crippen MR) is 108 cm³/mol. The fourth-order valence-electron chi connectivity index (χ4n) is 4.06. The molecule has 5 nitrogen and oxygen atoms in total. The van der Waals surface area contributed by atoms with E-state index in [4.69, 9.17) is 4.42 Å². The molecule has 2 aromatic rings. The molecule has 0 N–H and O–H groups in total. The Hall–Kier alpha value is -2.26. The third-order valence-electron chi connectivity index (χ3n) is 5.69. The fraction of sp³-hybridized carbons (Fsp3) is 0.429. The van der Waals surface area contributed by atoms with Gasteiger partial charge < -0.3 is 9.32 Å². The van der Waals surface area contributed by atoms with Gasteiger partial charge in [0, 0.05) is 36.1 Å². The van der Waals surface area contributed by atoms with Crippen LogP contribution in [0.3, 0.4) is 0 Å². The minimum absolute atomic E-state index is 0.0213. The molecule has 0 saturated carbocycles. The topological polar surface area (TPSA) is 55.5 Å². The summed E-state index contributed by atoms with van der Waals surface area (Å²) in [5.74, 6) is -0.923. The minimum atomic E-state index is -4.38. The summed E-state index contributed by atoms with van der Waals surface area (Å²) < 4.78 is 73.5. The predicted octanol–water partition coefficient (Wildman–Crippen LogP) is 2.80. The maximum absolute atomic E-state index is 13.4. The van der Waals surface area contributed by atoms with E-state index in [2.05, 4.69) is 4.90 Å². The summed E-state index contributed by atoms with van der Waals surface area (Å²) >= 11 is 0. The molecule has 1 aliphatic carbocycles. The molecule has 1 atom stereocenters. The lowest BCUT2D eigenvalue weighted by molar-refractivity contribution is -0.155. The standard InChI is InChI=1S/C21H23F3N2O3S/c1-13-10-20(14(2)29-13)30(27,28)26-12-18(15-6-8-25(3)9-7-15)17-11-16(21(22,23)24)4-5-19(17)26/h5-6,10-12,16H,4,7-9H2,1-3H3. The molecule has 0 amide bonds. The van der Waals surface area contributed by atoms with Crippen LogP contribution >= 0.6 is 0 Å². The van der Waals surface area contributed by atoms with Crippen LogP contribution in [-0.2, 0) is 10.0 Å². The zero-order chi connectivity index (χ0) is 21.8. The van der Waals surface area contributed by atoms with E-state index in [1.807, 2.05) is 13.1 Å². The normalized spacial score (nSPS) is 20.3. The average Bonchev–Trinajstić information content (AvgIpc) is 3.22. The number of likely N-dealkylation sites (N-methyl/N-ethyl adjacent to an activating group) is 1. The number of aryl methyl sites for hydroxylation is 2. The SMILES string of the molecule is Cc1cc(S(=O)(=O)n2cc(C3=CCN(C)CC3)c3c2=CCC(C(F)(F)F)C=3)c(C)o1. The molecule has 0 fully saturated rings. The Labute approximate surface area is 172 Å². The molecule has 0 spiro atoms. The fourth-order valence-corrected chi connectivity index (χ4v) is 5.67. The molecular formula is C21H23F3N2O3S. The summed E-state index contributed by atoms with van der Waals surface area (Å²) in [5, 5.41) is 0.615. The van der Waals surface area contributed by atoms with Gasteiger partial charge in [-0.2, -0.15) is 13.2 Å². The van der Waals surface area contributed by atoms with Gasteiger partial charge in [0.2, 0.25) is 0 Å². The Bertz CT molecular complexity index is 1250. The van der Waals surface area contributed by atoms with E-state index in [9.17, 15) is 21.6 Å². The molecule has 0 saturated heterocycles. The van der Waals surface area contributed by atoms with Gasteiger partial charge in [-0.05, 0) is 39.3 Å². The Morgan fingerprint density at radius 3 is 2.50 bits per heavy atom. The number of fused-ring (bicyclic) bond motifs is 1. The highest BCUT2D eigenvalue weighted by molar-refractivity contribution is 7.90. The summed E-state index contributed by atoms with van der Waals surface area (Å²) in [6.07, 6.45) is 1.93. The molecule has 0 radical (unpaired) electrons. The van der Waals surface area contributed by atoms with Gasteiger partial charge in [-0.15, -0.1) is 0 Å². The van der Waals surface area contributed by atoms with Crippen molar-refractivity contribution in [3.05, 3.63) is 46.0 Å². The second kappa shape index (κ2) is 7.16. The van der Waals surface area contributed by atoms with Gasteiger partial charge in [0.25, 0.3) is 10.0 Å². The molecular weight excluding hydrogens is 417 g/mol. The summed E-state index contributed by atoms with van der Waals surface area (Å²) in [6.45, 7) is 4.63. The molecule has 0 aromatic carbocycles. The number of rotatable bonds is 3. The Kier molecular flexibility index (Phi) is 5.01. The Morgan fingerprint density at radius 1 is 1.20 bits per heavy atom. The summed E-state index contributed by atoms with van der Waals surface area (Å²) in [5.41, 5.74) is 1.41. The maximum atomic E-state index is 13.4. The number of halogens is 3. The van der Waals surface area contributed by atoms with Crippen LogP contribution in [0.4, 0.5) is 13.2 Å². The van der Waals surface area contributed by atoms with Crippen LogP contribution in [0.25, 0.3) is 17.7 Å². The first kappa shape index (κ1) is 21.0. The van der Waals surface area contributed by atoms with Gasteiger partial charge >= 0.3 is 6.18 Å². The van der Waals surface area contributed by atoms with Crippen molar-refractivity contribution >= 4 is 27.7 Å². The van der Waals surface area contributed by atoms with Crippen molar-refractivity contribution in [1.29, 1.82) is 0 Å². The molecule has 2 aromatic heterocycles. The Morgan fingerprint density at radius 2 is 1.93 bits per heavy atom. The van der Waals surface area contributed by atoms with E-state index in [0.29, 0.717) is 29.5 Å². The quantitative estimate of drug-likeness (QED) is 0.737. The molecule has 4 rings (SSSR count). The second-order valence-electron chi connectivity index (χ2n) is 7.92. The van der Waals surface area contributed by atoms with Gasteiger partial charge in [0.15, 0.2) is 0 Å². The molecule has 1 aliphatic heterocycles. The molecule has 3 heterocycles. The van der Waals surface area contributed by atoms with Gasteiger partial charge in [-0.1, -0.05) is 18.2 Å². The highest BCUT2D eigenvalue weighted by atomic mass is 32.2. The van der Waals surface area contributed by atoms with E-state index in [0.717, 1.165) is 16.1 Å². The highest BCUT2D eigenvalue weighted by Crippen LogP contribution is 2.32. The first-order valence-corrected chi connectivity index (χ1v) is 11.1. The zero-order valence-electron chi connectivity index (χ0n) is 17.0. The van der Waals surface area contributed by atoms with Crippen LogP contribution in [0, 0.1) is 19.8 Å². The van der Waals surface area contributed by atoms with Crippen molar-refractivity contribution in [2.45, 2.75) is 37.8 Å². The average molecular weight is 440 g/mol. The number of nitrogens with zero attached hydrogens (tertiary/aromatic N) is 2. The highest BCUT2D eigenvalue weighted by Gasteiger charge is 2.39. The van der Waals surface area contributed by atoms with Gasteiger partial charge in [-0.25, -0.2) is 12.4 Å². The molecule has 0 bridgehead atoms. The monoisotopic (exact) mass is 440 g/mol. The van der Waals surface area contributed by atoms with E-state index in [-0.39, 0.29) is 22.4 Å². The van der Waals surface area contributed by atoms with Crippen molar-refractivity contribution in [3.63, 3.8) is 0 Å². The lowest BCUT2D eigenvalue weighted by Crippen LogP contribution is -2.39. The number of hydrogen-bond donors (Lipinski definition) is 0. The van der Waals surface area contributed by atoms with Crippen LogP contribution < -0.4 is 10.6 Å².